The number of ether oxygens (including phenoxy) is 2. The molecule has 3 aliphatic rings. The predicted molar refractivity (Wildman–Crippen MR) is 112 cm³/mol. The molecule has 1 amide bonds. The molecule has 2 saturated heterocycles. The first-order valence-corrected chi connectivity index (χ1v) is 10.8. The molecule has 2 aromatic rings. The third kappa shape index (κ3) is 2.30. The Morgan fingerprint density at radius 2 is 2.00 bits per heavy atom. The van der Waals surface area contributed by atoms with E-state index >= 15 is 0 Å². The van der Waals surface area contributed by atoms with E-state index in [4.69, 9.17) is 9.47 Å². The molecule has 0 aromatic heterocycles. The Kier molecular flexibility index (Phi) is 4.38. The number of anilines is 1. The van der Waals surface area contributed by atoms with E-state index in [1.54, 1.807) is 13.0 Å². The number of fused-ring (bicyclic) bond motifs is 5. The minimum absolute atomic E-state index is 0.150. The Labute approximate surface area is 182 Å². The number of amides is 1. The van der Waals surface area contributed by atoms with Crippen molar-refractivity contribution in [3.8, 4) is 0 Å². The van der Waals surface area contributed by atoms with Crippen LogP contribution in [-0.2, 0) is 34.9 Å². The maximum atomic E-state index is 13.8. The van der Waals surface area contributed by atoms with Gasteiger partial charge in [-0.1, -0.05) is 46.3 Å². The second-order valence-corrected chi connectivity index (χ2v) is 8.80. The summed E-state index contributed by atoms with van der Waals surface area (Å²) in [4.78, 5) is 39.9. The first kappa shape index (κ1) is 19.5. The molecular formula is C23H20BrNO5. The summed E-state index contributed by atoms with van der Waals surface area (Å²) in [5.41, 5.74) is -0.508. The second kappa shape index (κ2) is 6.75. The maximum absolute atomic E-state index is 13.8. The molecule has 2 bridgehead atoms. The van der Waals surface area contributed by atoms with Gasteiger partial charge in [-0.15, -0.1) is 0 Å². The first-order chi connectivity index (χ1) is 14.5. The number of halogens is 1. The molecule has 0 unspecified atom stereocenters. The first-order valence-electron chi connectivity index (χ1n) is 10.00. The summed E-state index contributed by atoms with van der Waals surface area (Å²) < 4.78 is 12.6. The van der Waals surface area contributed by atoms with Gasteiger partial charge in [0.05, 0.1) is 6.61 Å². The zero-order valence-corrected chi connectivity index (χ0v) is 17.9. The molecule has 4 atom stereocenters. The molecular weight excluding hydrogens is 450 g/mol. The van der Waals surface area contributed by atoms with Crippen LogP contribution in [0, 0.1) is 5.92 Å². The van der Waals surface area contributed by atoms with Crippen LogP contribution in [0.3, 0.4) is 0 Å². The molecule has 30 heavy (non-hydrogen) atoms. The number of Topliss-reactive ketones (excluding diaryl/α,β-unsaturated/α-hetero) is 1. The standard InChI is InChI=1S/C23H20BrNO5/c1-2-29-20(27)18-19-17(26)10-11-22(30-19,13-6-4-3-5-7-13)23(18)15-12-14(24)8-9-16(15)25-21(23)28/h3-9,12,18-19H,2,10-11H2,1H3,(H,25,28)/t18-,19+,22+,23+/m1/s1. The molecule has 0 saturated carbocycles. The third-order valence-corrected chi connectivity index (χ3v) is 7.06. The largest absolute Gasteiger partial charge is 0.466 e. The minimum atomic E-state index is -1.41. The van der Waals surface area contributed by atoms with Crippen LogP contribution in [0.1, 0.15) is 30.9 Å². The van der Waals surface area contributed by atoms with E-state index in [0.29, 0.717) is 17.7 Å². The number of carbonyl (C=O) groups excluding carboxylic acids is 3. The van der Waals surface area contributed by atoms with Crippen molar-refractivity contribution in [1.29, 1.82) is 0 Å². The zero-order chi connectivity index (χ0) is 21.1. The summed E-state index contributed by atoms with van der Waals surface area (Å²) in [6.07, 6.45) is -0.496. The van der Waals surface area contributed by atoms with Crippen molar-refractivity contribution in [1.82, 2.24) is 0 Å². The Balaban J connectivity index is 1.86. The van der Waals surface area contributed by atoms with Gasteiger partial charge in [0.25, 0.3) is 0 Å². The third-order valence-electron chi connectivity index (χ3n) is 6.57. The molecule has 3 heterocycles. The van der Waals surface area contributed by atoms with Crippen LogP contribution in [0.5, 0.6) is 0 Å². The van der Waals surface area contributed by atoms with E-state index in [9.17, 15) is 14.4 Å². The molecule has 0 radical (unpaired) electrons. The van der Waals surface area contributed by atoms with Crippen molar-refractivity contribution in [2.45, 2.75) is 36.9 Å². The average molecular weight is 470 g/mol. The quantitative estimate of drug-likeness (QED) is 0.695. The van der Waals surface area contributed by atoms with Gasteiger partial charge in [0.2, 0.25) is 5.91 Å². The van der Waals surface area contributed by atoms with Gasteiger partial charge in [0.15, 0.2) is 5.78 Å². The van der Waals surface area contributed by atoms with Gasteiger partial charge in [-0.2, -0.15) is 0 Å². The highest BCUT2D eigenvalue weighted by Crippen LogP contribution is 2.65. The van der Waals surface area contributed by atoms with Gasteiger partial charge in [0.1, 0.15) is 23.0 Å². The van der Waals surface area contributed by atoms with E-state index in [1.165, 1.54) is 0 Å². The Morgan fingerprint density at radius 3 is 2.73 bits per heavy atom. The zero-order valence-electron chi connectivity index (χ0n) is 16.3. The number of benzene rings is 2. The van der Waals surface area contributed by atoms with Crippen LogP contribution in [0.25, 0.3) is 0 Å². The summed E-state index contributed by atoms with van der Waals surface area (Å²) in [5.74, 6) is -2.16. The fourth-order valence-corrected chi connectivity index (χ4v) is 5.85. The van der Waals surface area contributed by atoms with Crippen LogP contribution in [0.4, 0.5) is 5.69 Å². The molecule has 1 N–H and O–H groups in total. The predicted octanol–water partition coefficient (Wildman–Crippen LogP) is 3.48. The summed E-state index contributed by atoms with van der Waals surface area (Å²) in [6, 6.07) is 14.9. The maximum Gasteiger partial charge on any atom is 0.313 e. The fourth-order valence-electron chi connectivity index (χ4n) is 5.49. The molecule has 2 fully saturated rings. The van der Waals surface area contributed by atoms with Gasteiger partial charge >= 0.3 is 5.97 Å². The van der Waals surface area contributed by atoms with Crippen LogP contribution >= 0.6 is 15.9 Å². The van der Waals surface area contributed by atoms with Crippen molar-refractivity contribution >= 4 is 39.3 Å². The highest BCUT2D eigenvalue weighted by Gasteiger charge is 2.77. The van der Waals surface area contributed by atoms with Crippen LogP contribution in [-0.4, -0.2) is 30.4 Å². The van der Waals surface area contributed by atoms with E-state index in [1.807, 2.05) is 42.5 Å². The van der Waals surface area contributed by atoms with Crippen molar-refractivity contribution in [2.24, 2.45) is 5.92 Å². The van der Waals surface area contributed by atoms with Crippen molar-refractivity contribution in [2.75, 3.05) is 11.9 Å². The summed E-state index contributed by atoms with van der Waals surface area (Å²) in [7, 11) is 0. The number of carbonyl (C=O) groups is 3. The molecule has 1 spiro atoms. The lowest BCUT2D eigenvalue weighted by Gasteiger charge is -2.43. The fraction of sp³-hybridized carbons (Fsp3) is 0.348. The minimum Gasteiger partial charge on any atom is -0.466 e. The monoisotopic (exact) mass is 469 g/mol. The number of esters is 1. The van der Waals surface area contributed by atoms with Crippen LogP contribution < -0.4 is 5.32 Å². The van der Waals surface area contributed by atoms with Gasteiger partial charge < -0.3 is 14.8 Å². The van der Waals surface area contributed by atoms with E-state index < -0.39 is 29.0 Å². The van der Waals surface area contributed by atoms with Gasteiger partial charge in [-0.3, -0.25) is 14.4 Å². The summed E-state index contributed by atoms with van der Waals surface area (Å²) in [6.45, 7) is 1.86. The second-order valence-electron chi connectivity index (χ2n) is 7.88. The van der Waals surface area contributed by atoms with E-state index in [2.05, 4.69) is 21.2 Å². The molecule has 7 heteroatoms. The van der Waals surface area contributed by atoms with E-state index in [-0.39, 0.29) is 24.7 Å². The van der Waals surface area contributed by atoms with Crippen LogP contribution in [0.15, 0.2) is 53.0 Å². The number of ketones is 1. The lowest BCUT2D eigenvalue weighted by atomic mass is 9.59. The molecule has 5 rings (SSSR count). The molecule has 154 valence electrons. The summed E-state index contributed by atoms with van der Waals surface area (Å²) >= 11 is 3.50. The van der Waals surface area contributed by atoms with Crippen LogP contribution in [0.2, 0.25) is 0 Å². The van der Waals surface area contributed by atoms with Gasteiger partial charge in [-0.05, 0) is 42.7 Å². The lowest BCUT2D eigenvalue weighted by Crippen LogP contribution is -2.55. The van der Waals surface area contributed by atoms with Gasteiger partial charge in [-0.25, -0.2) is 0 Å². The van der Waals surface area contributed by atoms with Gasteiger partial charge in [0, 0.05) is 16.6 Å². The average Bonchev–Trinajstić information content (AvgIpc) is 3.18. The number of nitrogens with one attached hydrogen (secondary N) is 1. The molecule has 0 aliphatic carbocycles. The number of hydrogen-bond acceptors (Lipinski definition) is 5. The SMILES string of the molecule is CCOC(=O)[C@H]1[C@H]2O[C@](c3ccccc3)(CCC2=O)[C@]12C(=O)Nc1ccc(Br)cc12. The smallest absolute Gasteiger partial charge is 0.313 e. The Hall–Kier alpha value is -2.51. The van der Waals surface area contributed by atoms with Crippen molar-refractivity contribution < 1.29 is 23.9 Å². The molecule has 2 aromatic carbocycles. The highest BCUT2D eigenvalue weighted by molar-refractivity contribution is 9.10. The van der Waals surface area contributed by atoms with Crippen molar-refractivity contribution in [3.05, 3.63) is 64.1 Å². The number of hydrogen-bond donors (Lipinski definition) is 1. The van der Waals surface area contributed by atoms with Crippen molar-refractivity contribution in [3.63, 3.8) is 0 Å². The number of rotatable bonds is 3. The highest BCUT2D eigenvalue weighted by atomic mass is 79.9. The Bertz CT molecular complexity index is 1070. The lowest BCUT2D eigenvalue weighted by molar-refractivity contribution is -0.158. The topological polar surface area (TPSA) is 81.7 Å². The summed E-state index contributed by atoms with van der Waals surface area (Å²) in [5, 5.41) is 2.95. The normalized spacial score (nSPS) is 31.5. The van der Waals surface area contributed by atoms with E-state index in [0.717, 1.165) is 10.0 Å². The molecule has 3 aliphatic heterocycles. The Morgan fingerprint density at radius 1 is 1.23 bits per heavy atom. The molecule has 6 nitrogen and oxygen atoms in total.